The van der Waals surface area contributed by atoms with Gasteiger partial charge in [-0.25, -0.2) is 19.9 Å². The van der Waals surface area contributed by atoms with Gasteiger partial charge in [0.15, 0.2) is 0 Å². The molecule has 0 radical (unpaired) electrons. The van der Waals surface area contributed by atoms with E-state index < -0.39 is 10.8 Å². The van der Waals surface area contributed by atoms with Gasteiger partial charge in [0, 0.05) is 26.9 Å². The molecular weight excluding hydrogens is 698 g/mol. The Morgan fingerprint density at radius 3 is 1.71 bits per heavy atom. The topological polar surface area (TPSA) is 145 Å². The summed E-state index contributed by atoms with van der Waals surface area (Å²) in [4.78, 5) is 39.5. The van der Waals surface area contributed by atoms with Crippen LogP contribution in [-0.4, -0.2) is 73.4 Å². The molecular formula is C29H41Cl2IN4O6. The van der Waals surface area contributed by atoms with Crippen molar-refractivity contribution in [3.63, 3.8) is 0 Å². The molecule has 234 valence electrons. The van der Waals surface area contributed by atoms with Crippen molar-refractivity contribution in [2.75, 3.05) is 27.4 Å². The molecule has 42 heavy (non-hydrogen) atoms. The third-order valence-electron chi connectivity index (χ3n) is 7.86. The van der Waals surface area contributed by atoms with E-state index in [1.54, 1.807) is 6.07 Å². The molecule has 2 aromatic rings. The molecule has 2 aromatic heterocycles. The van der Waals surface area contributed by atoms with Crippen molar-refractivity contribution in [1.82, 2.24) is 19.9 Å². The predicted molar refractivity (Wildman–Crippen MR) is 169 cm³/mol. The number of aromatic nitrogens is 4. The number of carbonyl (C=O) groups excluding carboxylic acids is 2. The van der Waals surface area contributed by atoms with Gasteiger partial charge in [0.25, 0.3) is 0 Å². The molecule has 13 heteroatoms. The first-order chi connectivity index (χ1) is 19.8. The highest BCUT2D eigenvalue weighted by Crippen LogP contribution is 2.43. The number of alkyl halides is 1. The monoisotopic (exact) mass is 738 g/mol. The van der Waals surface area contributed by atoms with Crippen LogP contribution in [0.2, 0.25) is 10.4 Å². The minimum atomic E-state index is -0.753. The Morgan fingerprint density at radius 1 is 0.833 bits per heavy atom. The van der Waals surface area contributed by atoms with E-state index in [1.807, 2.05) is 26.8 Å². The van der Waals surface area contributed by atoms with Gasteiger partial charge < -0.3 is 19.7 Å². The quantitative estimate of drug-likeness (QED) is 0.133. The minimum Gasteiger partial charge on any atom is -0.469 e. The van der Waals surface area contributed by atoms with Gasteiger partial charge in [-0.05, 0) is 95.9 Å². The van der Waals surface area contributed by atoms with Crippen molar-refractivity contribution in [3.05, 3.63) is 45.5 Å². The second-order valence-corrected chi connectivity index (χ2v) is 13.4. The lowest BCUT2D eigenvalue weighted by Gasteiger charge is -2.36. The number of ether oxygens (including phenoxy) is 2. The van der Waals surface area contributed by atoms with Crippen LogP contribution < -0.4 is 0 Å². The smallest absolute Gasteiger partial charge is 0.314 e. The highest BCUT2D eigenvalue weighted by atomic mass is 127. The van der Waals surface area contributed by atoms with Crippen molar-refractivity contribution >= 4 is 57.7 Å². The van der Waals surface area contributed by atoms with Gasteiger partial charge in [0.2, 0.25) is 5.28 Å². The van der Waals surface area contributed by atoms with E-state index in [2.05, 4.69) is 42.5 Å². The van der Waals surface area contributed by atoms with Crippen LogP contribution in [0.15, 0.2) is 12.1 Å². The van der Waals surface area contributed by atoms with Crippen molar-refractivity contribution < 1.29 is 29.3 Å². The summed E-state index contributed by atoms with van der Waals surface area (Å²) in [5.41, 5.74) is 1.31. The minimum absolute atomic E-state index is 0.0803. The molecule has 10 nitrogen and oxygen atoms in total. The van der Waals surface area contributed by atoms with Crippen LogP contribution in [0, 0.1) is 31.6 Å². The van der Waals surface area contributed by atoms with Crippen LogP contribution in [0.1, 0.15) is 80.2 Å². The summed E-state index contributed by atoms with van der Waals surface area (Å²) < 4.78 is 10.2. The summed E-state index contributed by atoms with van der Waals surface area (Å²) in [6, 6.07) is 3.66. The molecule has 2 aliphatic carbocycles. The number of halogens is 3. The fourth-order valence-electron chi connectivity index (χ4n) is 5.32. The van der Waals surface area contributed by atoms with E-state index in [1.165, 1.54) is 14.2 Å². The molecule has 2 saturated carbocycles. The molecule has 2 fully saturated rings. The van der Waals surface area contributed by atoms with E-state index in [-0.39, 0.29) is 36.4 Å². The number of hydrogen-bond acceptors (Lipinski definition) is 10. The average molecular weight is 739 g/mol. The number of methoxy groups -OCH3 is 2. The van der Waals surface area contributed by atoms with Gasteiger partial charge in [0.1, 0.15) is 11.0 Å². The molecule has 0 saturated heterocycles. The normalized spacial score (nSPS) is 25.2. The average Bonchev–Trinajstić information content (AvgIpc) is 2.96. The Balaban J connectivity index is 0.000000240. The Bertz CT molecular complexity index is 1120. The van der Waals surface area contributed by atoms with Gasteiger partial charge in [-0.1, -0.05) is 34.2 Å². The zero-order valence-electron chi connectivity index (χ0n) is 24.8. The van der Waals surface area contributed by atoms with E-state index in [0.29, 0.717) is 21.9 Å². The van der Waals surface area contributed by atoms with Crippen LogP contribution in [-0.2, 0) is 19.1 Å². The molecule has 0 aliphatic heterocycles. The van der Waals surface area contributed by atoms with E-state index >= 15 is 0 Å². The Kier molecular flexibility index (Phi) is 14.8. The molecule has 0 amide bonds. The van der Waals surface area contributed by atoms with Gasteiger partial charge in [0.05, 0.1) is 38.3 Å². The fraction of sp³-hybridized carbons (Fsp3) is 0.655. The number of rotatable bonds is 5. The molecule has 0 atom stereocenters. The molecule has 2 heterocycles. The van der Waals surface area contributed by atoms with Crippen molar-refractivity contribution in [1.29, 1.82) is 0 Å². The molecule has 0 unspecified atom stereocenters. The van der Waals surface area contributed by atoms with E-state index in [4.69, 9.17) is 32.7 Å². The second-order valence-electron chi connectivity index (χ2n) is 10.9. The Hall–Kier alpha value is -1.67. The largest absolute Gasteiger partial charge is 0.469 e. The van der Waals surface area contributed by atoms with Crippen LogP contribution >= 0.6 is 45.8 Å². The number of nitrogens with zero attached hydrogens (tertiary/aromatic N) is 4. The van der Waals surface area contributed by atoms with Gasteiger partial charge in [-0.3, -0.25) is 9.59 Å². The van der Waals surface area contributed by atoms with Gasteiger partial charge in [-0.15, -0.1) is 0 Å². The number of aryl methyl sites for hydroxylation is 3. The molecule has 2 aliphatic rings. The summed E-state index contributed by atoms with van der Waals surface area (Å²) in [5.74, 6) is 0.396. The highest BCUT2D eigenvalue weighted by molar-refractivity contribution is 14.1. The number of carbonyl (C=O) groups is 2. The maximum Gasteiger partial charge on any atom is 0.314 e. The standard InChI is InChI=1S/C14H19ClN2O3.C9H15IO3.C6H7ClN2/c1-9-7-11(17-13(15)16-9)10-3-5-14(8-18,6-4-10)12(19)20-2;1-13-8(12)9(6-11)4-2-7(10)3-5-9;1-4-3-6(7)9-5(2)8-4/h7,10,18H,3-6,8H2,1-2H3;7,11H,2-6H2,1H3;3H,1-2H3. The van der Waals surface area contributed by atoms with Crippen LogP contribution in [0.5, 0.6) is 0 Å². The summed E-state index contributed by atoms with van der Waals surface area (Å²) >= 11 is 13.9. The molecule has 0 aromatic carbocycles. The van der Waals surface area contributed by atoms with Crippen molar-refractivity contribution in [3.8, 4) is 0 Å². The van der Waals surface area contributed by atoms with Crippen molar-refractivity contribution in [2.45, 2.75) is 82.0 Å². The third-order valence-corrected chi connectivity index (χ3v) is 9.47. The molecule has 2 N–H and O–H groups in total. The lowest BCUT2D eigenvalue weighted by atomic mass is 9.70. The predicted octanol–water partition coefficient (Wildman–Crippen LogP) is 5.51. The first kappa shape index (κ1) is 36.5. The molecule has 0 spiro atoms. The molecule has 0 bridgehead atoms. The lowest BCUT2D eigenvalue weighted by molar-refractivity contribution is -0.158. The summed E-state index contributed by atoms with van der Waals surface area (Å²) in [6.07, 6.45) is 6.26. The van der Waals surface area contributed by atoms with E-state index in [9.17, 15) is 19.8 Å². The van der Waals surface area contributed by atoms with Crippen LogP contribution in [0.4, 0.5) is 0 Å². The summed E-state index contributed by atoms with van der Waals surface area (Å²) in [6.45, 7) is 5.34. The number of hydrogen-bond donors (Lipinski definition) is 2. The second kappa shape index (κ2) is 17.0. The number of esters is 2. The van der Waals surface area contributed by atoms with E-state index in [0.717, 1.165) is 61.4 Å². The summed E-state index contributed by atoms with van der Waals surface area (Å²) in [7, 11) is 2.75. The van der Waals surface area contributed by atoms with Crippen LogP contribution in [0.3, 0.4) is 0 Å². The third kappa shape index (κ3) is 10.2. The van der Waals surface area contributed by atoms with Gasteiger partial charge in [-0.2, -0.15) is 0 Å². The Morgan fingerprint density at radius 2 is 1.31 bits per heavy atom. The maximum absolute atomic E-state index is 11.8. The number of aliphatic hydroxyl groups excluding tert-OH is 2. The zero-order valence-corrected chi connectivity index (χ0v) is 28.5. The molecule has 4 rings (SSSR count). The SMILES string of the molecule is COC(=O)C1(CO)CCC(I)CC1.COC(=O)C1(CO)CCC(c2cc(C)nc(Cl)n2)CC1.Cc1cc(Cl)nc(C)n1. The lowest BCUT2D eigenvalue weighted by Crippen LogP contribution is -2.39. The van der Waals surface area contributed by atoms with Crippen molar-refractivity contribution in [2.24, 2.45) is 10.8 Å². The first-order valence-corrected chi connectivity index (χ1v) is 15.8. The fourth-order valence-corrected chi connectivity index (χ4v) is 6.46. The Labute approximate surface area is 271 Å². The first-order valence-electron chi connectivity index (χ1n) is 13.8. The summed E-state index contributed by atoms with van der Waals surface area (Å²) in [5, 5.41) is 19.5. The zero-order chi connectivity index (χ0) is 31.5. The highest BCUT2D eigenvalue weighted by Gasteiger charge is 2.43. The number of aliphatic hydroxyl groups is 2. The van der Waals surface area contributed by atoms with Gasteiger partial charge >= 0.3 is 11.9 Å². The maximum atomic E-state index is 11.8. The van der Waals surface area contributed by atoms with Crippen LogP contribution in [0.25, 0.3) is 0 Å².